The number of nitrogens with one attached hydrogen (secondary N) is 1. The molecule has 0 atom stereocenters. The lowest BCUT2D eigenvalue weighted by Crippen LogP contribution is -2.23. The summed E-state index contributed by atoms with van der Waals surface area (Å²) in [6.07, 6.45) is 1.50. The van der Waals surface area contributed by atoms with Crippen molar-refractivity contribution < 1.29 is 13.2 Å². The van der Waals surface area contributed by atoms with E-state index < -0.39 is 10.0 Å². The van der Waals surface area contributed by atoms with Crippen LogP contribution in [0.3, 0.4) is 0 Å². The average molecular weight is 277 g/mol. The Hall–Kier alpha value is -1.85. The van der Waals surface area contributed by atoms with E-state index in [2.05, 4.69) is 11.3 Å². The third-order valence-electron chi connectivity index (χ3n) is 2.75. The quantitative estimate of drug-likeness (QED) is 0.853. The van der Waals surface area contributed by atoms with Gasteiger partial charge in [0.05, 0.1) is 12.0 Å². The molecule has 0 heterocycles. The molecule has 0 aliphatic heterocycles. The van der Waals surface area contributed by atoms with Crippen molar-refractivity contribution in [2.24, 2.45) is 0 Å². The number of ether oxygens (including phenoxy) is 1. The zero-order chi connectivity index (χ0) is 13.9. The van der Waals surface area contributed by atoms with E-state index in [1.807, 2.05) is 12.1 Å². The summed E-state index contributed by atoms with van der Waals surface area (Å²) in [5.74, 6) is 0.743. The molecule has 2 aromatic rings. The molecule has 0 aromatic heterocycles. The van der Waals surface area contributed by atoms with Crippen molar-refractivity contribution in [3.8, 4) is 5.75 Å². The number of hydrogen-bond acceptors (Lipinski definition) is 3. The third-order valence-corrected chi connectivity index (χ3v) is 4.17. The Kier molecular flexibility index (Phi) is 3.87. The van der Waals surface area contributed by atoms with Crippen molar-refractivity contribution in [2.45, 2.75) is 4.90 Å². The molecular formula is C14H15NO3S. The highest BCUT2D eigenvalue weighted by Crippen LogP contribution is 2.23. The van der Waals surface area contributed by atoms with Crippen LogP contribution in [0.5, 0.6) is 5.75 Å². The van der Waals surface area contributed by atoms with Gasteiger partial charge >= 0.3 is 0 Å². The molecule has 0 radical (unpaired) electrons. The summed E-state index contributed by atoms with van der Waals surface area (Å²) < 4.78 is 31.5. The predicted molar refractivity (Wildman–Crippen MR) is 75.9 cm³/mol. The molecule has 0 spiro atoms. The Morgan fingerprint density at radius 3 is 2.58 bits per heavy atom. The summed E-state index contributed by atoms with van der Waals surface area (Å²) in [5.41, 5.74) is 0. The molecule has 100 valence electrons. The van der Waals surface area contributed by atoms with Gasteiger partial charge in [0.2, 0.25) is 10.0 Å². The first-order chi connectivity index (χ1) is 9.06. The number of benzene rings is 2. The van der Waals surface area contributed by atoms with Crippen LogP contribution < -0.4 is 9.46 Å². The molecule has 0 unspecified atom stereocenters. The molecule has 0 fully saturated rings. The predicted octanol–water partition coefficient (Wildman–Crippen LogP) is 2.31. The van der Waals surface area contributed by atoms with E-state index in [0.29, 0.717) is 0 Å². The molecule has 0 aliphatic carbocycles. The first kappa shape index (κ1) is 13.6. The maximum absolute atomic E-state index is 12.0. The summed E-state index contributed by atoms with van der Waals surface area (Å²) in [6, 6.07) is 10.5. The zero-order valence-corrected chi connectivity index (χ0v) is 11.4. The van der Waals surface area contributed by atoms with Crippen molar-refractivity contribution in [3.05, 3.63) is 49.1 Å². The summed E-state index contributed by atoms with van der Waals surface area (Å²) in [4.78, 5) is 0.243. The minimum absolute atomic E-state index is 0.211. The monoisotopic (exact) mass is 277 g/mol. The maximum Gasteiger partial charge on any atom is 0.240 e. The topological polar surface area (TPSA) is 55.4 Å². The maximum atomic E-state index is 12.0. The molecule has 2 rings (SSSR count). The Labute approximate surface area is 112 Å². The second-order valence-electron chi connectivity index (χ2n) is 4.02. The van der Waals surface area contributed by atoms with E-state index in [4.69, 9.17) is 4.74 Å². The highest BCUT2D eigenvalue weighted by molar-refractivity contribution is 7.89. The van der Waals surface area contributed by atoms with Crippen LogP contribution in [0, 0.1) is 0 Å². The van der Waals surface area contributed by atoms with E-state index in [1.165, 1.54) is 6.08 Å². The Bertz CT molecular complexity index is 708. The van der Waals surface area contributed by atoms with Gasteiger partial charge in [-0.25, -0.2) is 13.1 Å². The van der Waals surface area contributed by atoms with E-state index in [1.54, 1.807) is 31.4 Å². The third kappa shape index (κ3) is 2.94. The number of hydrogen-bond donors (Lipinski definition) is 1. The molecule has 0 bridgehead atoms. The molecule has 0 saturated carbocycles. The summed E-state index contributed by atoms with van der Waals surface area (Å²) in [7, 11) is -1.89. The van der Waals surface area contributed by atoms with Gasteiger partial charge in [-0.1, -0.05) is 18.2 Å². The van der Waals surface area contributed by atoms with Crippen LogP contribution in [0.1, 0.15) is 0 Å². The molecule has 0 amide bonds. The van der Waals surface area contributed by atoms with Gasteiger partial charge in [-0.3, -0.25) is 0 Å². The minimum Gasteiger partial charge on any atom is -0.497 e. The van der Waals surface area contributed by atoms with Crippen LogP contribution in [0.15, 0.2) is 53.9 Å². The fraction of sp³-hybridized carbons (Fsp3) is 0.143. The first-order valence-electron chi connectivity index (χ1n) is 5.75. The van der Waals surface area contributed by atoms with Crippen LogP contribution in [0.2, 0.25) is 0 Å². The highest BCUT2D eigenvalue weighted by atomic mass is 32.2. The molecule has 0 aliphatic rings. The minimum atomic E-state index is -3.48. The van der Waals surface area contributed by atoms with Gasteiger partial charge in [0.15, 0.2) is 0 Å². The molecule has 2 aromatic carbocycles. The average Bonchev–Trinajstić information content (AvgIpc) is 2.44. The lowest BCUT2D eigenvalue weighted by Gasteiger charge is -2.07. The van der Waals surface area contributed by atoms with Crippen molar-refractivity contribution >= 4 is 20.8 Å². The van der Waals surface area contributed by atoms with Gasteiger partial charge in [0.1, 0.15) is 5.75 Å². The van der Waals surface area contributed by atoms with Crippen LogP contribution in [0.4, 0.5) is 0 Å². The molecule has 0 saturated heterocycles. The van der Waals surface area contributed by atoms with E-state index in [-0.39, 0.29) is 11.4 Å². The zero-order valence-electron chi connectivity index (χ0n) is 10.6. The lowest BCUT2D eigenvalue weighted by atomic mass is 10.1. The summed E-state index contributed by atoms with van der Waals surface area (Å²) in [5, 5.41) is 1.78. The number of sulfonamides is 1. The van der Waals surface area contributed by atoms with Gasteiger partial charge in [0.25, 0.3) is 0 Å². The standard InChI is InChI=1S/C14H15NO3S/c1-3-8-15-19(16,17)14-7-5-11-9-13(18-2)6-4-12(11)10-14/h3-7,9-10,15H,1,8H2,2H3. The normalized spacial score (nSPS) is 11.4. The van der Waals surface area contributed by atoms with Gasteiger partial charge in [-0.15, -0.1) is 6.58 Å². The van der Waals surface area contributed by atoms with Crippen LogP contribution >= 0.6 is 0 Å². The molecule has 1 N–H and O–H groups in total. The largest absolute Gasteiger partial charge is 0.497 e. The summed E-state index contributed by atoms with van der Waals surface area (Å²) >= 11 is 0. The lowest BCUT2D eigenvalue weighted by molar-refractivity contribution is 0.415. The van der Waals surface area contributed by atoms with E-state index in [0.717, 1.165) is 16.5 Å². The van der Waals surface area contributed by atoms with Crippen molar-refractivity contribution in [1.82, 2.24) is 4.72 Å². The summed E-state index contributed by atoms with van der Waals surface area (Å²) in [6.45, 7) is 3.70. The molecular weight excluding hydrogens is 262 g/mol. The second kappa shape index (κ2) is 5.42. The van der Waals surface area contributed by atoms with Gasteiger partial charge in [-0.05, 0) is 35.0 Å². The fourth-order valence-corrected chi connectivity index (χ4v) is 2.78. The van der Waals surface area contributed by atoms with Crippen LogP contribution in [-0.4, -0.2) is 22.1 Å². The van der Waals surface area contributed by atoms with Crippen LogP contribution in [0.25, 0.3) is 10.8 Å². The Morgan fingerprint density at radius 2 is 1.89 bits per heavy atom. The van der Waals surface area contributed by atoms with Crippen molar-refractivity contribution in [2.75, 3.05) is 13.7 Å². The molecule has 5 heteroatoms. The molecule has 4 nitrogen and oxygen atoms in total. The van der Waals surface area contributed by atoms with Gasteiger partial charge < -0.3 is 4.74 Å². The van der Waals surface area contributed by atoms with Crippen LogP contribution in [-0.2, 0) is 10.0 Å². The fourth-order valence-electron chi connectivity index (χ4n) is 1.75. The van der Waals surface area contributed by atoms with E-state index in [9.17, 15) is 8.42 Å². The first-order valence-corrected chi connectivity index (χ1v) is 7.23. The number of fused-ring (bicyclic) bond motifs is 1. The molecule has 19 heavy (non-hydrogen) atoms. The van der Waals surface area contributed by atoms with Gasteiger partial charge in [-0.2, -0.15) is 0 Å². The number of rotatable bonds is 5. The smallest absolute Gasteiger partial charge is 0.240 e. The Morgan fingerprint density at radius 1 is 1.21 bits per heavy atom. The Balaban J connectivity index is 2.44. The second-order valence-corrected chi connectivity index (χ2v) is 5.78. The van der Waals surface area contributed by atoms with Crippen molar-refractivity contribution in [3.63, 3.8) is 0 Å². The highest BCUT2D eigenvalue weighted by Gasteiger charge is 2.13. The SMILES string of the molecule is C=CCNS(=O)(=O)c1ccc2cc(OC)ccc2c1. The van der Waals surface area contributed by atoms with Gasteiger partial charge in [0, 0.05) is 6.54 Å². The van der Waals surface area contributed by atoms with E-state index >= 15 is 0 Å². The number of methoxy groups -OCH3 is 1. The van der Waals surface area contributed by atoms with Crippen molar-refractivity contribution in [1.29, 1.82) is 0 Å².